The monoisotopic (exact) mass is 348 g/mol. The number of carbonyl (C=O) groups excluding carboxylic acids is 1. The van der Waals surface area contributed by atoms with Crippen molar-refractivity contribution < 1.29 is 9.90 Å². The first-order valence-electron chi connectivity index (χ1n) is 7.66. The summed E-state index contributed by atoms with van der Waals surface area (Å²) in [5.74, 6) is -0.551. The Morgan fingerprint density at radius 2 is 2.00 bits per heavy atom. The number of halogens is 1. The lowest BCUT2D eigenvalue weighted by molar-refractivity contribution is -0.140. The Kier molecular flexibility index (Phi) is 5.47. The second kappa shape index (κ2) is 7.20. The van der Waals surface area contributed by atoms with Crippen molar-refractivity contribution in [1.29, 1.82) is 0 Å². The van der Waals surface area contributed by atoms with Crippen molar-refractivity contribution in [1.82, 2.24) is 9.88 Å². The van der Waals surface area contributed by atoms with Crippen molar-refractivity contribution in [3.05, 3.63) is 69.1 Å². The van der Waals surface area contributed by atoms with Gasteiger partial charge in [-0.2, -0.15) is 0 Å². The fourth-order valence-corrected chi connectivity index (χ4v) is 2.62. The zero-order chi connectivity index (χ0) is 17.9. The van der Waals surface area contributed by atoms with Gasteiger partial charge in [-0.25, -0.2) is 0 Å². The molecule has 1 aromatic heterocycles. The summed E-state index contributed by atoms with van der Waals surface area (Å²) in [6.45, 7) is 4.84. The maximum absolute atomic E-state index is 12.5. The van der Waals surface area contributed by atoms with Crippen LogP contribution in [0.4, 0.5) is 0 Å². The summed E-state index contributed by atoms with van der Waals surface area (Å²) >= 11 is 5.96. The van der Waals surface area contributed by atoms with E-state index in [-0.39, 0.29) is 18.1 Å². The third-order valence-electron chi connectivity index (χ3n) is 3.92. The van der Waals surface area contributed by atoms with Gasteiger partial charge in [0.2, 0.25) is 0 Å². The largest absolute Gasteiger partial charge is 0.378 e. The minimum atomic E-state index is -1.72. The molecule has 2 N–H and O–H groups in total. The fraction of sp³-hybridized carbons (Fsp3) is 0.333. The Labute approximate surface area is 145 Å². The van der Waals surface area contributed by atoms with Crippen molar-refractivity contribution >= 4 is 17.5 Å². The molecule has 1 heterocycles. The zero-order valence-corrected chi connectivity index (χ0v) is 14.7. The van der Waals surface area contributed by atoms with Crippen molar-refractivity contribution in [2.75, 3.05) is 0 Å². The highest BCUT2D eigenvalue weighted by Crippen LogP contribution is 2.18. The van der Waals surface area contributed by atoms with Crippen LogP contribution in [-0.2, 0) is 11.3 Å². The first-order valence-corrected chi connectivity index (χ1v) is 8.04. The van der Waals surface area contributed by atoms with Crippen LogP contribution in [-0.4, -0.2) is 21.2 Å². The quantitative estimate of drug-likeness (QED) is 0.871. The summed E-state index contributed by atoms with van der Waals surface area (Å²) in [5, 5.41) is 13.9. The first-order chi connectivity index (χ1) is 11.2. The standard InChI is InChI=1S/C18H21ClN2O3/c1-12-6-4-9-16(22)21(12)11-18(3,24)17(23)20-13(2)14-7-5-8-15(19)10-14/h4-10,13,24H,11H2,1-3H3,(H,20,23)/t13-,18-/m1/s1. The highest BCUT2D eigenvalue weighted by molar-refractivity contribution is 6.30. The molecule has 2 atom stereocenters. The average Bonchev–Trinajstić information content (AvgIpc) is 2.51. The van der Waals surface area contributed by atoms with Gasteiger partial charge in [-0.1, -0.05) is 29.8 Å². The van der Waals surface area contributed by atoms with Gasteiger partial charge in [0.15, 0.2) is 5.60 Å². The number of amides is 1. The van der Waals surface area contributed by atoms with Gasteiger partial charge in [0, 0.05) is 16.8 Å². The lowest BCUT2D eigenvalue weighted by Crippen LogP contribution is -2.49. The molecule has 2 rings (SSSR count). The van der Waals surface area contributed by atoms with Crippen LogP contribution in [0, 0.1) is 6.92 Å². The maximum Gasteiger partial charge on any atom is 0.254 e. The number of pyridine rings is 1. The molecule has 0 unspecified atom stereocenters. The molecule has 1 aromatic carbocycles. The van der Waals surface area contributed by atoms with Gasteiger partial charge in [0.25, 0.3) is 11.5 Å². The molecular formula is C18H21ClN2O3. The molecule has 0 saturated heterocycles. The molecule has 0 spiro atoms. The number of nitrogens with zero attached hydrogens (tertiary/aromatic N) is 1. The van der Waals surface area contributed by atoms with E-state index in [4.69, 9.17) is 11.6 Å². The summed E-state index contributed by atoms with van der Waals surface area (Å²) in [7, 11) is 0. The first kappa shape index (κ1) is 18.2. The van der Waals surface area contributed by atoms with E-state index in [9.17, 15) is 14.7 Å². The number of aromatic nitrogens is 1. The number of hydrogen-bond acceptors (Lipinski definition) is 3. The van der Waals surface area contributed by atoms with Crippen LogP contribution >= 0.6 is 11.6 Å². The predicted octanol–water partition coefficient (Wildman–Crippen LogP) is 2.44. The smallest absolute Gasteiger partial charge is 0.254 e. The van der Waals surface area contributed by atoms with Crippen molar-refractivity contribution in [3.63, 3.8) is 0 Å². The predicted molar refractivity (Wildman–Crippen MR) is 94.1 cm³/mol. The topological polar surface area (TPSA) is 71.3 Å². The van der Waals surface area contributed by atoms with Crippen LogP contribution in [0.2, 0.25) is 5.02 Å². The molecule has 0 aliphatic carbocycles. The van der Waals surface area contributed by atoms with Crippen LogP contribution in [0.5, 0.6) is 0 Å². The Morgan fingerprint density at radius 1 is 1.33 bits per heavy atom. The van der Waals surface area contributed by atoms with Crippen LogP contribution in [0.25, 0.3) is 0 Å². The van der Waals surface area contributed by atoms with E-state index in [2.05, 4.69) is 5.32 Å². The van der Waals surface area contributed by atoms with E-state index in [1.807, 2.05) is 6.07 Å². The zero-order valence-electron chi connectivity index (χ0n) is 13.9. The summed E-state index contributed by atoms with van der Waals surface area (Å²) < 4.78 is 1.38. The number of carbonyl (C=O) groups is 1. The van der Waals surface area contributed by atoms with Crippen LogP contribution in [0.3, 0.4) is 0 Å². The van der Waals surface area contributed by atoms with E-state index in [1.54, 1.807) is 44.2 Å². The highest BCUT2D eigenvalue weighted by atomic mass is 35.5. The molecule has 0 radical (unpaired) electrons. The number of benzene rings is 1. The molecular weight excluding hydrogens is 328 g/mol. The molecule has 0 bridgehead atoms. The van der Waals surface area contributed by atoms with Gasteiger partial charge in [0.05, 0.1) is 12.6 Å². The van der Waals surface area contributed by atoms with Gasteiger partial charge < -0.3 is 15.0 Å². The Hall–Kier alpha value is -2.11. The summed E-state index contributed by atoms with van der Waals surface area (Å²) in [4.78, 5) is 24.4. The molecule has 2 aromatic rings. The van der Waals surface area contributed by atoms with E-state index in [1.165, 1.54) is 17.6 Å². The van der Waals surface area contributed by atoms with Crippen LogP contribution < -0.4 is 10.9 Å². The normalized spacial score (nSPS) is 14.7. The molecule has 6 heteroatoms. The molecule has 0 saturated carbocycles. The van der Waals surface area contributed by atoms with E-state index in [0.717, 1.165) is 5.56 Å². The minimum Gasteiger partial charge on any atom is -0.378 e. The lowest BCUT2D eigenvalue weighted by atomic mass is 10.0. The number of nitrogens with one attached hydrogen (secondary N) is 1. The van der Waals surface area contributed by atoms with Crippen LogP contribution in [0.15, 0.2) is 47.3 Å². The Bertz CT molecular complexity index is 799. The second-order valence-corrected chi connectivity index (χ2v) is 6.55. The molecule has 1 amide bonds. The molecule has 5 nitrogen and oxygen atoms in total. The van der Waals surface area contributed by atoms with E-state index >= 15 is 0 Å². The number of aryl methyl sites for hydroxylation is 1. The Morgan fingerprint density at radius 3 is 2.62 bits per heavy atom. The minimum absolute atomic E-state index is 0.118. The molecule has 24 heavy (non-hydrogen) atoms. The van der Waals surface area contributed by atoms with Gasteiger partial charge in [-0.05, 0) is 44.5 Å². The van der Waals surface area contributed by atoms with Gasteiger partial charge in [-0.15, -0.1) is 0 Å². The SMILES string of the molecule is Cc1cccc(=O)n1C[C@@](C)(O)C(=O)N[C@H](C)c1cccc(Cl)c1. The Balaban J connectivity index is 2.14. The third kappa shape index (κ3) is 4.24. The second-order valence-electron chi connectivity index (χ2n) is 6.12. The summed E-state index contributed by atoms with van der Waals surface area (Å²) in [5.41, 5.74) is -0.466. The lowest BCUT2D eigenvalue weighted by Gasteiger charge is -2.26. The van der Waals surface area contributed by atoms with Gasteiger partial charge in [-0.3, -0.25) is 9.59 Å². The number of hydrogen-bond donors (Lipinski definition) is 2. The average molecular weight is 349 g/mol. The van der Waals surface area contributed by atoms with E-state index < -0.39 is 11.5 Å². The molecule has 0 aliphatic rings. The number of rotatable bonds is 5. The van der Waals surface area contributed by atoms with E-state index in [0.29, 0.717) is 10.7 Å². The van der Waals surface area contributed by atoms with Crippen molar-refractivity contribution in [2.45, 2.75) is 39.0 Å². The van der Waals surface area contributed by atoms with Crippen LogP contribution in [0.1, 0.15) is 31.1 Å². The maximum atomic E-state index is 12.5. The fourth-order valence-electron chi connectivity index (χ4n) is 2.42. The van der Waals surface area contributed by atoms with Gasteiger partial charge >= 0.3 is 0 Å². The van der Waals surface area contributed by atoms with Gasteiger partial charge in [0.1, 0.15) is 0 Å². The highest BCUT2D eigenvalue weighted by Gasteiger charge is 2.32. The molecule has 0 aliphatic heterocycles. The number of aliphatic hydroxyl groups is 1. The molecule has 128 valence electrons. The van der Waals surface area contributed by atoms with Crippen molar-refractivity contribution in [2.24, 2.45) is 0 Å². The summed E-state index contributed by atoms with van der Waals surface area (Å²) in [6.07, 6.45) is 0. The molecule has 0 fully saturated rings. The third-order valence-corrected chi connectivity index (χ3v) is 4.15. The van der Waals surface area contributed by atoms with Crippen molar-refractivity contribution in [3.8, 4) is 0 Å². The summed E-state index contributed by atoms with van der Waals surface area (Å²) in [6, 6.07) is 11.6.